The molecule has 0 aliphatic rings. The van der Waals surface area contributed by atoms with Crippen molar-refractivity contribution < 1.29 is 14.3 Å². The summed E-state index contributed by atoms with van der Waals surface area (Å²) in [6, 6.07) is 0. The van der Waals surface area contributed by atoms with Crippen molar-refractivity contribution in [1.82, 2.24) is 0 Å². The number of esters is 1. The molecule has 0 aliphatic heterocycles. The minimum absolute atomic E-state index is 0.0570. The van der Waals surface area contributed by atoms with E-state index < -0.39 is 11.7 Å². The third kappa shape index (κ3) is 5.08. The highest BCUT2D eigenvalue weighted by Crippen LogP contribution is 2.47. The summed E-state index contributed by atoms with van der Waals surface area (Å²) in [5, 5.41) is 0. The van der Waals surface area contributed by atoms with Gasteiger partial charge < -0.3 is 9.47 Å². The average molecular weight is 286 g/mol. The first kappa shape index (κ1) is 19.4. The molecule has 0 radical (unpaired) electrons. The van der Waals surface area contributed by atoms with Crippen LogP contribution in [0.3, 0.4) is 0 Å². The monoisotopic (exact) mass is 286 g/mol. The third-order valence-electron chi connectivity index (χ3n) is 3.99. The zero-order valence-electron chi connectivity index (χ0n) is 15.1. The molecule has 0 aromatic heterocycles. The lowest BCUT2D eigenvalue weighted by atomic mass is 9.61. The van der Waals surface area contributed by atoms with E-state index in [1.54, 1.807) is 7.11 Å². The van der Waals surface area contributed by atoms with Gasteiger partial charge in [-0.25, -0.2) is 0 Å². The predicted molar refractivity (Wildman–Crippen MR) is 83.4 cm³/mol. The van der Waals surface area contributed by atoms with Gasteiger partial charge in [-0.3, -0.25) is 4.79 Å². The zero-order valence-corrected chi connectivity index (χ0v) is 15.1. The van der Waals surface area contributed by atoms with Gasteiger partial charge in [0.05, 0.1) is 5.41 Å². The molecular weight excluding hydrogens is 252 g/mol. The Morgan fingerprint density at radius 1 is 1.00 bits per heavy atom. The second-order valence-corrected chi connectivity index (χ2v) is 8.57. The smallest absolute Gasteiger partial charge is 0.314 e. The van der Waals surface area contributed by atoms with E-state index in [2.05, 4.69) is 41.5 Å². The highest BCUT2D eigenvalue weighted by molar-refractivity contribution is 5.77. The third-order valence-corrected chi connectivity index (χ3v) is 3.99. The molecular formula is C17H34O3. The topological polar surface area (TPSA) is 35.5 Å². The molecule has 0 fully saturated rings. The number of hydrogen-bond acceptors (Lipinski definition) is 3. The maximum absolute atomic E-state index is 12.8. The van der Waals surface area contributed by atoms with Crippen molar-refractivity contribution in [3.63, 3.8) is 0 Å². The van der Waals surface area contributed by atoms with Crippen molar-refractivity contribution in [1.29, 1.82) is 0 Å². The maximum atomic E-state index is 12.8. The molecule has 3 nitrogen and oxygen atoms in total. The first-order valence-corrected chi connectivity index (χ1v) is 7.48. The van der Waals surface area contributed by atoms with Crippen LogP contribution < -0.4 is 0 Å². The molecule has 0 saturated heterocycles. The minimum atomic E-state index is -0.545. The molecule has 2 unspecified atom stereocenters. The Hall–Kier alpha value is -0.570. The fraction of sp³-hybridized carbons (Fsp3) is 0.941. The fourth-order valence-corrected chi connectivity index (χ4v) is 2.40. The van der Waals surface area contributed by atoms with Crippen LogP contribution >= 0.6 is 0 Å². The van der Waals surface area contributed by atoms with Crippen molar-refractivity contribution in [3.05, 3.63) is 0 Å². The number of ether oxygens (including phenoxy) is 2. The van der Waals surface area contributed by atoms with E-state index in [0.717, 1.165) is 6.42 Å². The lowest BCUT2D eigenvalue weighted by Gasteiger charge is -2.44. The van der Waals surface area contributed by atoms with Crippen molar-refractivity contribution in [3.8, 4) is 0 Å². The van der Waals surface area contributed by atoms with Gasteiger partial charge in [0, 0.05) is 13.0 Å². The van der Waals surface area contributed by atoms with Gasteiger partial charge in [-0.2, -0.15) is 0 Å². The van der Waals surface area contributed by atoms with Crippen LogP contribution in [0.15, 0.2) is 0 Å². The summed E-state index contributed by atoms with van der Waals surface area (Å²) >= 11 is 0. The molecule has 0 spiro atoms. The van der Waals surface area contributed by atoms with E-state index in [-0.39, 0.29) is 22.7 Å². The van der Waals surface area contributed by atoms with E-state index >= 15 is 0 Å². The fourth-order valence-electron chi connectivity index (χ4n) is 2.40. The zero-order chi connectivity index (χ0) is 16.4. The summed E-state index contributed by atoms with van der Waals surface area (Å²) < 4.78 is 10.9. The van der Waals surface area contributed by atoms with Crippen LogP contribution in [0.1, 0.15) is 68.7 Å². The van der Waals surface area contributed by atoms with Gasteiger partial charge in [-0.1, -0.05) is 55.4 Å². The molecule has 0 saturated carbocycles. The van der Waals surface area contributed by atoms with Crippen LogP contribution in [0.5, 0.6) is 0 Å². The summed E-state index contributed by atoms with van der Waals surface area (Å²) in [7, 11) is 1.58. The van der Waals surface area contributed by atoms with Gasteiger partial charge in [0.15, 0.2) is 0 Å². The van der Waals surface area contributed by atoms with Gasteiger partial charge in [0.25, 0.3) is 0 Å². The van der Waals surface area contributed by atoms with Crippen LogP contribution in [-0.4, -0.2) is 19.4 Å². The Balaban J connectivity index is 5.30. The van der Waals surface area contributed by atoms with Crippen LogP contribution in [0.2, 0.25) is 0 Å². The quantitative estimate of drug-likeness (QED) is 0.545. The van der Waals surface area contributed by atoms with Gasteiger partial charge in [0.2, 0.25) is 6.29 Å². The molecule has 0 N–H and O–H groups in total. The van der Waals surface area contributed by atoms with Crippen LogP contribution in [0.4, 0.5) is 0 Å². The largest absolute Gasteiger partial charge is 0.435 e. The van der Waals surface area contributed by atoms with E-state index in [4.69, 9.17) is 9.47 Å². The highest BCUT2D eigenvalue weighted by Gasteiger charge is 2.48. The molecule has 0 amide bonds. The number of carbonyl (C=O) groups is 1. The van der Waals surface area contributed by atoms with Crippen molar-refractivity contribution in [2.75, 3.05) is 7.11 Å². The summed E-state index contributed by atoms with van der Waals surface area (Å²) in [4.78, 5) is 12.8. The summed E-state index contributed by atoms with van der Waals surface area (Å²) in [6.07, 6.45) is 0.292. The summed E-state index contributed by atoms with van der Waals surface area (Å²) in [5.41, 5.74) is -0.662. The first-order chi connectivity index (χ1) is 8.74. The highest BCUT2D eigenvalue weighted by atomic mass is 16.7. The number of hydrogen-bond donors (Lipinski definition) is 0. The molecule has 120 valence electrons. The summed E-state index contributed by atoms with van der Waals surface area (Å²) in [5.74, 6) is -0.0247. The standard InChI is InChI=1S/C17H34O3/c1-12(2)13(19-10)20-14(18)17(9,16(6,7)8)11-15(3,4)5/h12-13H,11H2,1-10H3. The molecule has 0 aliphatic carbocycles. The van der Waals surface area contributed by atoms with Gasteiger partial charge in [-0.05, 0) is 24.2 Å². The van der Waals surface area contributed by atoms with Gasteiger partial charge in [0.1, 0.15) is 0 Å². The van der Waals surface area contributed by atoms with Crippen LogP contribution in [0, 0.1) is 22.2 Å². The number of carbonyl (C=O) groups excluding carboxylic acids is 1. The molecule has 2 atom stereocenters. The number of rotatable bonds is 5. The van der Waals surface area contributed by atoms with E-state index in [0.29, 0.717) is 0 Å². The summed E-state index contributed by atoms with van der Waals surface area (Å²) in [6.45, 7) is 18.7. The van der Waals surface area contributed by atoms with Crippen molar-refractivity contribution in [2.24, 2.45) is 22.2 Å². The van der Waals surface area contributed by atoms with E-state index in [9.17, 15) is 4.79 Å². The number of methoxy groups -OCH3 is 1. The predicted octanol–water partition coefficient (Wildman–Crippen LogP) is 4.65. The second kappa shape index (κ2) is 6.46. The average Bonchev–Trinajstić information content (AvgIpc) is 2.20. The molecule has 0 aromatic rings. The SMILES string of the molecule is COC(OC(=O)C(C)(CC(C)(C)C)C(C)(C)C)C(C)C. The molecule has 0 rings (SSSR count). The Morgan fingerprint density at radius 3 is 1.70 bits per heavy atom. The first-order valence-electron chi connectivity index (χ1n) is 7.48. The molecule has 0 aromatic carbocycles. The van der Waals surface area contributed by atoms with E-state index in [1.165, 1.54) is 0 Å². The Kier molecular flexibility index (Phi) is 6.28. The minimum Gasteiger partial charge on any atom is -0.435 e. The van der Waals surface area contributed by atoms with Crippen LogP contribution in [-0.2, 0) is 14.3 Å². The van der Waals surface area contributed by atoms with E-state index in [1.807, 2.05) is 20.8 Å². The Labute approximate surface area is 125 Å². The van der Waals surface area contributed by atoms with Crippen LogP contribution in [0.25, 0.3) is 0 Å². The second-order valence-electron chi connectivity index (χ2n) is 8.57. The van der Waals surface area contributed by atoms with Crippen molar-refractivity contribution in [2.45, 2.75) is 75.0 Å². The normalized spacial score (nSPS) is 17.8. The molecule has 3 heteroatoms. The lowest BCUT2D eigenvalue weighted by molar-refractivity contribution is -0.200. The maximum Gasteiger partial charge on any atom is 0.314 e. The van der Waals surface area contributed by atoms with Gasteiger partial charge in [-0.15, -0.1) is 0 Å². The van der Waals surface area contributed by atoms with Gasteiger partial charge >= 0.3 is 5.97 Å². The Bertz CT molecular complexity index is 320. The molecule has 20 heavy (non-hydrogen) atoms. The molecule has 0 bridgehead atoms. The lowest BCUT2D eigenvalue weighted by Crippen LogP contribution is -2.46. The Morgan fingerprint density at radius 2 is 1.45 bits per heavy atom. The van der Waals surface area contributed by atoms with Crippen molar-refractivity contribution >= 4 is 5.97 Å². The molecule has 0 heterocycles.